The predicted octanol–water partition coefficient (Wildman–Crippen LogP) is 5.97. The molecule has 0 saturated heterocycles. The molecule has 0 atom stereocenters. The summed E-state index contributed by atoms with van der Waals surface area (Å²) in [4.78, 5) is 15.9. The van der Waals surface area contributed by atoms with Gasteiger partial charge in [0.1, 0.15) is 11.3 Å². The smallest absolute Gasteiger partial charge is 0.229 e. The van der Waals surface area contributed by atoms with Crippen molar-refractivity contribution in [2.75, 3.05) is 29.3 Å². The zero-order chi connectivity index (χ0) is 29.5. The summed E-state index contributed by atoms with van der Waals surface area (Å²) >= 11 is 0. The molecule has 0 saturated carbocycles. The molecule has 41 heavy (non-hydrogen) atoms. The maximum Gasteiger partial charge on any atom is 0.229 e. The van der Waals surface area contributed by atoms with E-state index < -0.39 is 9.84 Å². The van der Waals surface area contributed by atoms with Crippen molar-refractivity contribution in [2.24, 2.45) is 7.05 Å². The maximum atomic E-state index is 11.6. The van der Waals surface area contributed by atoms with Crippen LogP contribution in [0.3, 0.4) is 0 Å². The van der Waals surface area contributed by atoms with Gasteiger partial charge in [-0.1, -0.05) is 57.2 Å². The van der Waals surface area contributed by atoms with E-state index >= 15 is 0 Å². The van der Waals surface area contributed by atoms with E-state index in [-0.39, 0.29) is 11.2 Å². The topological polar surface area (TPSA) is 119 Å². The molecule has 0 spiro atoms. The molecule has 5 aromatic rings. The highest BCUT2D eigenvalue weighted by Gasteiger charge is 2.21. The summed E-state index contributed by atoms with van der Waals surface area (Å²) in [7, 11) is 0.777. The molecule has 3 aromatic carbocycles. The van der Waals surface area contributed by atoms with Crippen LogP contribution in [0, 0.1) is 0 Å². The SMILES string of the molecule is CN(c1ccnc(Nc2ccc(CS(C)(=O)=O)cc2)n1)c1ccc2c(nc(N)n2C)c1-c1ccc(C(C)(C)C)cc1. The summed E-state index contributed by atoms with van der Waals surface area (Å²) in [5.41, 5.74) is 13.7. The van der Waals surface area contributed by atoms with Crippen LogP contribution in [0.2, 0.25) is 0 Å². The monoisotopic (exact) mass is 569 g/mol. The first-order chi connectivity index (χ1) is 19.3. The Hall–Kier alpha value is -4.44. The van der Waals surface area contributed by atoms with Gasteiger partial charge < -0.3 is 20.5 Å². The van der Waals surface area contributed by atoms with Crippen LogP contribution in [0.4, 0.5) is 29.1 Å². The van der Waals surface area contributed by atoms with Gasteiger partial charge in [-0.2, -0.15) is 4.98 Å². The Bertz CT molecular complexity index is 1820. The minimum atomic E-state index is -3.10. The van der Waals surface area contributed by atoms with Gasteiger partial charge in [0.25, 0.3) is 0 Å². The Morgan fingerprint density at radius 2 is 1.63 bits per heavy atom. The van der Waals surface area contributed by atoms with Crippen molar-refractivity contribution in [3.05, 3.63) is 84.1 Å². The molecule has 0 bridgehead atoms. The fourth-order valence-corrected chi connectivity index (χ4v) is 5.60. The third-order valence-corrected chi connectivity index (χ3v) is 7.95. The molecular weight excluding hydrogens is 534 g/mol. The third kappa shape index (κ3) is 6.02. The number of nitrogen functional groups attached to an aromatic ring is 1. The Kier molecular flexibility index (Phi) is 7.21. The number of aryl methyl sites for hydroxylation is 1. The molecule has 3 N–H and O–H groups in total. The van der Waals surface area contributed by atoms with E-state index in [1.54, 1.807) is 18.3 Å². The van der Waals surface area contributed by atoms with Crippen molar-refractivity contribution < 1.29 is 8.42 Å². The fraction of sp³-hybridized carbons (Fsp3) is 0.258. The number of nitrogens with zero attached hydrogens (tertiary/aromatic N) is 5. The number of benzene rings is 3. The van der Waals surface area contributed by atoms with Crippen LogP contribution >= 0.6 is 0 Å². The highest BCUT2D eigenvalue weighted by atomic mass is 32.2. The van der Waals surface area contributed by atoms with Crippen molar-refractivity contribution in [3.63, 3.8) is 0 Å². The molecule has 0 aliphatic rings. The van der Waals surface area contributed by atoms with Crippen LogP contribution in [0.5, 0.6) is 0 Å². The highest BCUT2D eigenvalue weighted by molar-refractivity contribution is 7.89. The predicted molar refractivity (Wildman–Crippen MR) is 168 cm³/mol. The number of fused-ring (bicyclic) bond motifs is 1. The second-order valence-electron chi connectivity index (χ2n) is 11.4. The van der Waals surface area contributed by atoms with Crippen LogP contribution in [0.25, 0.3) is 22.2 Å². The lowest BCUT2D eigenvalue weighted by atomic mass is 9.86. The number of hydrogen-bond donors (Lipinski definition) is 2. The highest BCUT2D eigenvalue weighted by Crippen LogP contribution is 2.40. The maximum absolute atomic E-state index is 11.6. The van der Waals surface area contributed by atoms with Gasteiger partial charge in [-0.15, -0.1) is 0 Å². The second kappa shape index (κ2) is 10.5. The molecule has 10 heteroatoms. The number of aromatic nitrogens is 4. The van der Waals surface area contributed by atoms with E-state index in [1.807, 2.05) is 47.8 Å². The minimum Gasteiger partial charge on any atom is -0.369 e. The van der Waals surface area contributed by atoms with Crippen molar-refractivity contribution in [1.82, 2.24) is 19.5 Å². The summed E-state index contributed by atoms with van der Waals surface area (Å²) in [6.45, 7) is 6.60. The van der Waals surface area contributed by atoms with Gasteiger partial charge in [-0.05, 0) is 52.4 Å². The molecule has 2 aromatic heterocycles. The van der Waals surface area contributed by atoms with Crippen molar-refractivity contribution >= 4 is 50.0 Å². The zero-order valence-corrected chi connectivity index (χ0v) is 25.0. The Morgan fingerprint density at radius 3 is 2.27 bits per heavy atom. The Labute approximate surface area is 241 Å². The van der Waals surface area contributed by atoms with Gasteiger partial charge in [0.2, 0.25) is 11.9 Å². The lowest BCUT2D eigenvalue weighted by Crippen LogP contribution is -2.14. The quantitative estimate of drug-likeness (QED) is 0.246. The summed E-state index contributed by atoms with van der Waals surface area (Å²) < 4.78 is 25.1. The number of imidazole rings is 1. The minimum absolute atomic E-state index is 0.00239. The van der Waals surface area contributed by atoms with Crippen molar-refractivity contribution in [1.29, 1.82) is 0 Å². The molecular formula is C31H35N7O2S. The molecule has 5 rings (SSSR count). The van der Waals surface area contributed by atoms with Gasteiger partial charge >= 0.3 is 0 Å². The molecule has 0 amide bonds. The first-order valence-electron chi connectivity index (χ1n) is 13.3. The molecule has 9 nitrogen and oxygen atoms in total. The average molecular weight is 570 g/mol. The second-order valence-corrected chi connectivity index (χ2v) is 13.5. The number of nitrogens with two attached hydrogens (primary N) is 1. The van der Waals surface area contributed by atoms with Crippen LogP contribution in [0.15, 0.2) is 72.9 Å². The number of rotatable bonds is 7. The van der Waals surface area contributed by atoms with Gasteiger partial charge in [0.05, 0.1) is 17.0 Å². The van der Waals surface area contributed by atoms with E-state index in [4.69, 9.17) is 15.7 Å². The molecule has 0 aliphatic heterocycles. The summed E-state index contributed by atoms with van der Waals surface area (Å²) in [5.74, 6) is 1.55. The lowest BCUT2D eigenvalue weighted by molar-refractivity contribution is 0.590. The van der Waals surface area contributed by atoms with Gasteiger partial charge in [-0.25, -0.2) is 18.4 Å². The first-order valence-corrected chi connectivity index (χ1v) is 15.3. The van der Waals surface area contributed by atoms with Gasteiger partial charge in [0.15, 0.2) is 9.84 Å². The number of nitrogens with one attached hydrogen (secondary N) is 1. The summed E-state index contributed by atoms with van der Waals surface area (Å²) in [6, 6.07) is 21.7. The largest absolute Gasteiger partial charge is 0.369 e. The van der Waals surface area contributed by atoms with Crippen molar-refractivity contribution in [3.8, 4) is 11.1 Å². The molecule has 0 aliphatic carbocycles. The Morgan fingerprint density at radius 1 is 0.951 bits per heavy atom. The molecule has 212 valence electrons. The van der Waals surface area contributed by atoms with E-state index in [2.05, 4.69) is 61.4 Å². The number of hydrogen-bond acceptors (Lipinski definition) is 8. The van der Waals surface area contributed by atoms with Gasteiger partial charge in [0, 0.05) is 37.8 Å². The first kappa shape index (κ1) is 28.1. The van der Waals surface area contributed by atoms with E-state index in [0.717, 1.165) is 39.1 Å². The van der Waals surface area contributed by atoms with E-state index in [1.165, 1.54) is 11.8 Å². The fourth-order valence-electron chi connectivity index (χ4n) is 4.80. The molecule has 2 heterocycles. The standard InChI is InChI=1S/C31H35N7O2S/c1-31(2,3)22-11-9-21(10-12-22)27-24(15-16-25-28(27)36-29(32)38(25)5)37(4)26-17-18-33-30(35-26)34-23-13-7-20(8-14-23)19-41(6,39)40/h7-18H,19H2,1-6H3,(H2,32,36)(H,33,34,35). The number of anilines is 5. The molecule has 0 radical (unpaired) electrons. The summed E-state index contributed by atoms with van der Waals surface area (Å²) in [5, 5.41) is 3.22. The third-order valence-electron chi connectivity index (χ3n) is 7.09. The molecule has 0 fully saturated rings. The van der Waals surface area contributed by atoms with Crippen LogP contribution in [0.1, 0.15) is 31.9 Å². The van der Waals surface area contributed by atoms with Crippen LogP contribution < -0.4 is 16.0 Å². The van der Waals surface area contributed by atoms with Crippen molar-refractivity contribution in [2.45, 2.75) is 31.9 Å². The normalized spacial score (nSPS) is 12.0. The average Bonchev–Trinajstić information content (AvgIpc) is 3.21. The van der Waals surface area contributed by atoms with E-state index in [0.29, 0.717) is 17.7 Å². The lowest BCUT2D eigenvalue weighted by Gasteiger charge is -2.23. The molecule has 0 unspecified atom stereocenters. The van der Waals surface area contributed by atoms with E-state index in [9.17, 15) is 8.42 Å². The van der Waals surface area contributed by atoms with Gasteiger partial charge in [-0.3, -0.25) is 0 Å². The number of sulfone groups is 1. The zero-order valence-electron chi connectivity index (χ0n) is 24.2. The van der Waals surface area contributed by atoms with Crippen LogP contribution in [-0.4, -0.2) is 41.2 Å². The van der Waals surface area contributed by atoms with Crippen LogP contribution in [-0.2, 0) is 28.1 Å². The summed E-state index contributed by atoms with van der Waals surface area (Å²) in [6.07, 6.45) is 2.93. The Balaban J connectivity index is 1.51.